The lowest BCUT2D eigenvalue weighted by Gasteiger charge is -2.20. The van der Waals surface area contributed by atoms with E-state index in [1.807, 2.05) is 0 Å². The molecule has 0 bridgehead atoms. The average Bonchev–Trinajstić information content (AvgIpc) is 2.75. The molecule has 0 aromatic rings. The predicted octanol–water partition coefficient (Wildman–Crippen LogP) is 4.04. The van der Waals surface area contributed by atoms with E-state index in [1.54, 1.807) is 0 Å². The molecule has 19 heavy (non-hydrogen) atoms. The third-order valence-electron chi connectivity index (χ3n) is 4.28. The molecule has 1 rings (SSSR count). The second-order valence-corrected chi connectivity index (χ2v) is 5.75. The van der Waals surface area contributed by atoms with Gasteiger partial charge in [0, 0.05) is 6.42 Å². The predicted molar refractivity (Wildman–Crippen MR) is 75.9 cm³/mol. The van der Waals surface area contributed by atoms with Gasteiger partial charge in [-0.2, -0.15) is 0 Å². The summed E-state index contributed by atoms with van der Waals surface area (Å²) in [7, 11) is 0. The van der Waals surface area contributed by atoms with Crippen molar-refractivity contribution in [1.82, 2.24) is 0 Å². The van der Waals surface area contributed by atoms with Crippen molar-refractivity contribution in [2.24, 2.45) is 5.41 Å². The van der Waals surface area contributed by atoms with Gasteiger partial charge in [0.2, 0.25) is 0 Å². The van der Waals surface area contributed by atoms with Gasteiger partial charge in [0.1, 0.15) is 11.2 Å². The van der Waals surface area contributed by atoms with Gasteiger partial charge in [-0.25, -0.2) is 0 Å². The summed E-state index contributed by atoms with van der Waals surface area (Å²) in [5, 5.41) is 0. The summed E-state index contributed by atoms with van der Waals surface area (Å²) in [4.78, 5) is 23.4. The van der Waals surface area contributed by atoms with E-state index in [1.165, 1.54) is 45.4 Å². The highest BCUT2D eigenvalue weighted by Crippen LogP contribution is 2.36. The number of ether oxygens (including phenoxy) is 1. The number of unbranched alkanes of at least 4 members (excludes halogenated alkanes) is 7. The van der Waals surface area contributed by atoms with Crippen molar-refractivity contribution >= 4 is 11.8 Å². The standard InChI is InChI=1S/C16H28O3/c1-3-4-5-6-7-8-9-10-11-16(14(2)17)12-13-19-15(16)18/h3-13H2,1-2H3. The van der Waals surface area contributed by atoms with Crippen LogP contribution < -0.4 is 0 Å². The number of carbonyl (C=O) groups is 2. The molecule has 0 aromatic carbocycles. The van der Waals surface area contributed by atoms with E-state index >= 15 is 0 Å². The number of rotatable bonds is 10. The molecule has 1 aliphatic heterocycles. The van der Waals surface area contributed by atoms with Crippen LogP contribution >= 0.6 is 0 Å². The van der Waals surface area contributed by atoms with Crippen molar-refractivity contribution in [3.63, 3.8) is 0 Å². The Balaban J connectivity index is 2.17. The van der Waals surface area contributed by atoms with Crippen molar-refractivity contribution in [2.45, 2.75) is 78.1 Å². The van der Waals surface area contributed by atoms with E-state index in [2.05, 4.69) is 6.92 Å². The molecule has 1 fully saturated rings. The largest absolute Gasteiger partial charge is 0.465 e. The van der Waals surface area contributed by atoms with Crippen LogP contribution in [-0.4, -0.2) is 18.4 Å². The minimum Gasteiger partial charge on any atom is -0.465 e. The molecule has 0 radical (unpaired) electrons. The normalized spacial score (nSPS) is 22.5. The highest BCUT2D eigenvalue weighted by Gasteiger charge is 2.47. The monoisotopic (exact) mass is 268 g/mol. The van der Waals surface area contributed by atoms with Crippen molar-refractivity contribution in [3.8, 4) is 0 Å². The van der Waals surface area contributed by atoms with Gasteiger partial charge in [-0.05, 0) is 13.3 Å². The Bertz CT molecular complexity index is 298. The highest BCUT2D eigenvalue weighted by atomic mass is 16.5. The molecular weight excluding hydrogens is 240 g/mol. The van der Waals surface area contributed by atoms with Gasteiger partial charge in [0.15, 0.2) is 0 Å². The number of cyclic esters (lactones) is 1. The van der Waals surface area contributed by atoms with Crippen LogP contribution in [0.2, 0.25) is 0 Å². The van der Waals surface area contributed by atoms with Crippen LogP contribution in [0.25, 0.3) is 0 Å². The molecule has 1 saturated heterocycles. The smallest absolute Gasteiger partial charge is 0.319 e. The highest BCUT2D eigenvalue weighted by molar-refractivity contribution is 6.03. The first-order valence-corrected chi connectivity index (χ1v) is 7.82. The average molecular weight is 268 g/mol. The first kappa shape index (κ1) is 16.2. The summed E-state index contributed by atoms with van der Waals surface area (Å²) >= 11 is 0. The zero-order chi connectivity index (χ0) is 14.1. The zero-order valence-corrected chi connectivity index (χ0v) is 12.5. The topological polar surface area (TPSA) is 43.4 Å². The minimum atomic E-state index is -0.803. The maximum atomic E-state index is 11.7. The van der Waals surface area contributed by atoms with Crippen LogP contribution in [0.1, 0.15) is 78.1 Å². The molecule has 0 N–H and O–H groups in total. The van der Waals surface area contributed by atoms with Gasteiger partial charge < -0.3 is 4.74 Å². The number of hydrogen-bond donors (Lipinski definition) is 0. The number of hydrogen-bond acceptors (Lipinski definition) is 3. The Morgan fingerprint density at radius 1 is 1.11 bits per heavy atom. The third kappa shape index (κ3) is 4.63. The lowest BCUT2D eigenvalue weighted by Crippen LogP contribution is -2.34. The molecule has 1 unspecified atom stereocenters. The van der Waals surface area contributed by atoms with Crippen LogP contribution in [0, 0.1) is 5.41 Å². The molecule has 1 heterocycles. The van der Waals surface area contributed by atoms with Gasteiger partial charge in [0.05, 0.1) is 6.61 Å². The van der Waals surface area contributed by atoms with E-state index in [-0.39, 0.29) is 11.8 Å². The second kappa shape index (κ2) is 8.34. The molecule has 3 nitrogen and oxygen atoms in total. The number of carbonyl (C=O) groups excluding carboxylic acids is 2. The summed E-state index contributed by atoms with van der Waals surface area (Å²) in [6.07, 6.45) is 11.1. The minimum absolute atomic E-state index is 0.0158. The lowest BCUT2D eigenvalue weighted by atomic mass is 9.78. The van der Waals surface area contributed by atoms with Gasteiger partial charge in [-0.15, -0.1) is 0 Å². The van der Waals surface area contributed by atoms with E-state index in [4.69, 9.17) is 4.74 Å². The van der Waals surface area contributed by atoms with E-state index in [9.17, 15) is 9.59 Å². The number of Topliss-reactive ketones (excluding diaryl/α,β-unsaturated/α-hetero) is 1. The van der Waals surface area contributed by atoms with Crippen molar-refractivity contribution in [3.05, 3.63) is 0 Å². The Labute approximate surface area is 117 Å². The van der Waals surface area contributed by atoms with Crippen LogP contribution in [-0.2, 0) is 14.3 Å². The fraction of sp³-hybridized carbons (Fsp3) is 0.875. The van der Waals surface area contributed by atoms with Crippen molar-refractivity contribution < 1.29 is 14.3 Å². The molecule has 0 aliphatic carbocycles. The second-order valence-electron chi connectivity index (χ2n) is 5.75. The molecule has 0 aromatic heterocycles. The maximum Gasteiger partial charge on any atom is 0.319 e. The number of ketones is 1. The van der Waals surface area contributed by atoms with Gasteiger partial charge >= 0.3 is 5.97 Å². The molecule has 110 valence electrons. The Kier molecular flexibility index (Phi) is 7.11. The maximum absolute atomic E-state index is 11.7. The fourth-order valence-electron chi connectivity index (χ4n) is 2.84. The number of esters is 1. The zero-order valence-electron chi connectivity index (χ0n) is 12.5. The molecule has 1 atom stereocenters. The first-order chi connectivity index (χ1) is 9.13. The summed E-state index contributed by atoms with van der Waals surface area (Å²) in [6, 6.07) is 0. The molecule has 3 heteroatoms. The molecule has 0 amide bonds. The van der Waals surface area contributed by atoms with Crippen LogP contribution in [0.4, 0.5) is 0 Å². The Morgan fingerprint density at radius 2 is 1.68 bits per heavy atom. The summed E-state index contributed by atoms with van der Waals surface area (Å²) in [5.74, 6) is -0.305. The molecule has 0 spiro atoms. The molecular formula is C16H28O3. The Morgan fingerprint density at radius 3 is 2.16 bits per heavy atom. The van der Waals surface area contributed by atoms with Crippen molar-refractivity contribution in [1.29, 1.82) is 0 Å². The fourth-order valence-corrected chi connectivity index (χ4v) is 2.84. The third-order valence-corrected chi connectivity index (χ3v) is 4.28. The quantitative estimate of drug-likeness (QED) is 0.341. The molecule has 0 saturated carbocycles. The Hall–Kier alpha value is -0.860. The summed E-state index contributed by atoms with van der Waals surface area (Å²) < 4.78 is 4.99. The molecule has 1 aliphatic rings. The first-order valence-electron chi connectivity index (χ1n) is 7.82. The van der Waals surface area contributed by atoms with Gasteiger partial charge in [-0.1, -0.05) is 58.3 Å². The summed E-state index contributed by atoms with van der Waals surface area (Å²) in [6.45, 7) is 4.16. The lowest BCUT2D eigenvalue weighted by molar-refractivity contribution is -0.151. The van der Waals surface area contributed by atoms with Gasteiger partial charge in [0.25, 0.3) is 0 Å². The SMILES string of the molecule is CCCCCCCCCCC1(C(C)=O)CCOC1=O. The summed E-state index contributed by atoms with van der Waals surface area (Å²) in [5.41, 5.74) is -0.803. The van der Waals surface area contributed by atoms with Gasteiger partial charge in [-0.3, -0.25) is 9.59 Å². The van der Waals surface area contributed by atoms with Crippen molar-refractivity contribution in [2.75, 3.05) is 6.61 Å². The van der Waals surface area contributed by atoms with E-state index < -0.39 is 5.41 Å². The van der Waals surface area contributed by atoms with E-state index in [0.717, 1.165) is 12.8 Å². The van der Waals surface area contributed by atoms with Crippen LogP contribution in [0.5, 0.6) is 0 Å². The van der Waals surface area contributed by atoms with E-state index in [0.29, 0.717) is 19.4 Å². The van der Waals surface area contributed by atoms with Crippen LogP contribution in [0.15, 0.2) is 0 Å². The van der Waals surface area contributed by atoms with Crippen LogP contribution in [0.3, 0.4) is 0 Å².